The van der Waals surface area contributed by atoms with Crippen LogP contribution in [0, 0.1) is 0 Å². The second-order valence-electron chi connectivity index (χ2n) is 4.36. The van der Waals surface area contributed by atoms with Gasteiger partial charge in [0.25, 0.3) is 0 Å². The quantitative estimate of drug-likeness (QED) is 0.658. The molecule has 0 aliphatic heterocycles. The predicted molar refractivity (Wildman–Crippen MR) is 93.9 cm³/mol. The molecule has 0 saturated heterocycles. The van der Waals surface area contributed by atoms with Crippen molar-refractivity contribution in [2.75, 3.05) is 14.2 Å². The van der Waals surface area contributed by atoms with Gasteiger partial charge in [-0.05, 0) is 29.6 Å². The number of methoxy groups -OCH3 is 2. The van der Waals surface area contributed by atoms with Gasteiger partial charge >= 0.3 is 0 Å². The van der Waals surface area contributed by atoms with E-state index in [0.29, 0.717) is 22.1 Å². The van der Waals surface area contributed by atoms with E-state index in [4.69, 9.17) is 9.47 Å². The molecule has 23 heavy (non-hydrogen) atoms. The minimum absolute atomic E-state index is 0.0549. The number of aromatic nitrogens is 1. The highest BCUT2D eigenvalue weighted by atomic mass is 32.1. The minimum Gasteiger partial charge on any atom is -0.496 e. The fourth-order valence-electron chi connectivity index (χ4n) is 2.31. The molecule has 5 heteroatoms. The van der Waals surface area contributed by atoms with E-state index in [1.54, 1.807) is 32.5 Å². The number of thiophene rings is 1. The lowest BCUT2D eigenvalue weighted by Gasteiger charge is -2.12. The normalized spacial score (nSPS) is 9.91. The van der Waals surface area contributed by atoms with Crippen molar-refractivity contribution in [1.29, 1.82) is 0 Å². The van der Waals surface area contributed by atoms with Crippen LogP contribution < -0.4 is 9.47 Å². The van der Waals surface area contributed by atoms with Crippen LogP contribution in [-0.2, 0) is 0 Å². The molecule has 0 fully saturated rings. The summed E-state index contributed by atoms with van der Waals surface area (Å²) in [7, 11) is 3.12. The van der Waals surface area contributed by atoms with E-state index in [-0.39, 0.29) is 5.78 Å². The Morgan fingerprint density at radius 1 is 1.04 bits per heavy atom. The Labute approximate surface area is 139 Å². The van der Waals surface area contributed by atoms with Crippen LogP contribution in [0.2, 0.25) is 0 Å². The van der Waals surface area contributed by atoms with Crippen LogP contribution in [0.3, 0.4) is 0 Å². The molecule has 3 rings (SSSR count). The summed E-state index contributed by atoms with van der Waals surface area (Å²) in [5.41, 5.74) is 0.540. The number of benzene rings is 1. The molecule has 1 aromatic carbocycles. The number of carbonyl (C=O) groups is 1. The molecule has 0 atom stereocenters. The zero-order valence-electron chi connectivity index (χ0n) is 13.6. The van der Waals surface area contributed by atoms with Crippen LogP contribution in [0.4, 0.5) is 0 Å². The highest BCUT2D eigenvalue weighted by Gasteiger charge is 2.20. The predicted octanol–water partition coefficient (Wildman–Crippen LogP) is 4.57. The third-order valence-corrected chi connectivity index (χ3v) is 4.12. The molecular formula is C18H19NO3S. The van der Waals surface area contributed by atoms with Crippen molar-refractivity contribution >= 4 is 27.9 Å². The lowest BCUT2D eigenvalue weighted by molar-refractivity contribution is 0.104. The molecule has 0 bridgehead atoms. The maximum Gasteiger partial charge on any atom is 0.221 e. The Bertz CT molecular complexity index is 797. The van der Waals surface area contributed by atoms with E-state index in [9.17, 15) is 4.79 Å². The topological polar surface area (TPSA) is 48.4 Å². The first kappa shape index (κ1) is 17.0. The highest BCUT2D eigenvalue weighted by Crippen LogP contribution is 2.34. The summed E-state index contributed by atoms with van der Waals surface area (Å²) in [6.45, 7) is 4.00. The Hall–Kier alpha value is -2.40. The molecule has 0 amide bonds. The molecule has 3 aromatic rings. The molecule has 2 aromatic heterocycles. The molecule has 0 radical (unpaired) electrons. The van der Waals surface area contributed by atoms with Crippen LogP contribution in [0.1, 0.15) is 29.1 Å². The van der Waals surface area contributed by atoms with E-state index in [2.05, 4.69) is 4.98 Å². The van der Waals surface area contributed by atoms with E-state index < -0.39 is 0 Å². The zero-order chi connectivity index (χ0) is 16.8. The van der Waals surface area contributed by atoms with Crippen molar-refractivity contribution in [3.05, 3.63) is 52.3 Å². The Balaban J connectivity index is 0.000000924. The number of rotatable bonds is 4. The number of ketones is 1. The lowest BCUT2D eigenvalue weighted by atomic mass is 10.0. The average molecular weight is 329 g/mol. The van der Waals surface area contributed by atoms with Crippen molar-refractivity contribution < 1.29 is 14.3 Å². The third kappa shape index (κ3) is 3.19. The van der Waals surface area contributed by atoms with Crippen LogP contribution in [0.15, 0.2) is 41.9 Å². The van der Waals surface area contributed by atoms with Gasteiger partial charge in [0.2, 0.25) is 11.7 Å². The molecule has 0 spiro atoms. The van der Waals surface area contributed by atoms with Crippen LogP contribution in [0.5, 0.6) is 11.6 Å². The maximum atomic E-state index is 12.8. The van der Waals surface area contributed by atoms with Crippen molar-refractivity contribution in [2.45, 2.75) is 13.8 Å². The second-order valence-corrected chi connectivity index (χ2v) is 5.31. The Kier molecular flexibility index (Phi) is 5.71. The third-order valence-electron chi connectivity index (χ3n) is 3.26. The second kappa shape index (κ2) is 7.74. The van der Waals surface area contributed by atoms with E-state index in [1.165, 1.54) is 11.3 Å². The van der Waals surface area contributed by atoms with Gasteiger partial charge in [0.05, 0.1) is 24.7 Å². The molecule has 4 nitrogen and oxygen atoms in total. The Morgan fingerprint density at radius 2 is 1.83 bits per heavy atom. The number of pyridine rings is 1. The highest BCUT2D eigenvalue weighted by molar-refractivity contribution is 7.12. The summed E-state index contributed by atoms with van der Waals surface area (Å²) in [6.07, 6.45) is 1.63. The van der Waals surface area contributed by atoms with Gasteiger partial charge in [0, 0.05) is 17.0 Å². The number of hydrogen-bond donors (Lipinski definition) is 0. The van der Waals surface area contributed by atoms with Crippen LogP contribution in [0.25, 0.3) is 10.8 Å². The molecular weight excluding hydrogens is 310 g/mol. The van der Waals surface area contributed by atoms with Gasteiger partial charge < -0.3 is 9.47 Å². The number of fused-ring (bicyclic) bond motifs is 1. The van der Waals surface area contributed by atoms with Crippen molar-refractivity contribution in [1.82, 2.24) is 4.98 Å². The molecule has 0 unspecified atom stereocenters. The standard InChI is InChI=1S/C16H13NO3S.C2H6/c1-19-12-6-5-11-10(7-8-17-16(11)20-2)14(12)15(18)13-4-3-9-21-13;1-2/h3-9H,1-2H3;1-2H3. The van der Waals surface area contributed by atoms with E-state index >= 15 is 0 Å². The first-order valence-electron chi connectivity index (χ1n) is 7.34. The minimum atomic E-state index is -0.0549. The number of nitrogens with zero attached hydrogens (tertiary/aromatic N) is 1. The van der Waals surface area contributed by atoms with E-state index in [1.807, 2.05) is 37.4 Å². The first-order valence-corrected chi connectivity index (χ1v) is 8.22. The molecule has 120 valence electrons. The van der Waals surface area contributed by atoms with Gasteiger partial charge in [0.15, 0.2) is 0 Å². The van der Waals surface area contributed by atoms with Crippen molar-refractivity contribution in [3.63, 3.8) is 0 Å². The fourth-order valence-corrected chi connectivity index (χ4v) is 2.98. The van der Waals surface area contributed by atoms with Crippen LogP contribution >= 0.6 is 11.3 Å². The summed E-state index contributed by atoms with van der Waals surface area (Å²) < 4.78 is 10.6. The molecule has 0 aliphatic rings. The lowest BCUT2D eigenvalue weighted by Crippen LogP contribution is -2.04. The van der Waals surface area contributed by atoms with Gasteiger partial charge in [-0.2, -0.15) is 0 Å². The zero-order valence-corrected chi connectivity index (χ0v) is 14.4. The van der Waals surface area contributed by atoms with Crippen LogP contribution in [-0.4, -0.2) is 25.0 Å². The van der Waals surface area contributed by atoms with Crippen molar-refractivity contribution in [3.8, 4) is 11.6 Å². The fraction of sp³-hybridized carbons (Fsp3) is 0.222. The summed E-state index contributed by atoms with van der Waals surface area (Å²) >= 11 is 1.41. The summed E-state index contributed by atoms with van der Waals surface area (Å²) in [4.78, 5) is 17.6. The number of hydrogen-bond acceptors (Lipinski definition) is 5. The first-order chi connectivity index (χ1) is 11.3. The van der Waals surface area contributed by atoms with Gasteiger partial charge in [-0.25, -0.2) is 4.98 Å². The number of carbonyl (C=O) groups excluding carboxylic acids is 1. The number of ether oxygens (including phenoxy) is 2. The van der Waals surface area contributed by atoms with Crippen molar-refractivity contribution in [2.24, 2.45) is 0 Å². The molecule has 0 N–H and O–H groups in total. The molecule has 0 saturated carbocycles. The molecule has 0 aliphatic carbocycles. The monoisotopic (exact) mass is 329 g/mol. The summed E-state index contributed by atoms with van der Waals surface area (Å²) in [5.74, 6) is 0.991. The SMILES string of the molecule is CC.COc1ccc2c(OC)nccc2c1C(=O)c1cccs1. The summed E-state index contributed by atoms with van der Waals surface area (Å²) in [6, 6.07) is 9.10. The van der Waals surface area contributed by atoms with Gasteiger partial charge in [-0.15, -0.1) is 11.3 Å². The maximum absolute atomic E-state index is 12.8. The molecule has 2 heterocycles. The smallest absolute Gasteiger partial charge is 0.221 e. The average Bonchev–Trinajstić information content (AvgIpc) is 3.15. The Morgan fingerprint density at radius 3 is 2.43 bits per heavy atom. The largest absolute Gasteiger partial charge is 0.496 e. The van der Waals surface area contributed by atoms with Gasteiger partial charge in [-0.1, -0.05) is 19.9 Å². The summed E-state index contributed by atoms with van der Waals surface area (Å²) in [5, 5.41) is 3.45. The van der Waals surface area contributed by atoms with E-state index in [0.717, 1.165) is 10.8 Å². The van der Waals surface area contributed by atoms with Gasteiger partial charge in [-0.3, -0.25) is 4.79 Å². The van der Waals surface area contributed by atoms with Gasteiger partial charge in [0.1, 0.15) is 5.75 Å².